The zero-order chi connectivity index (χ0) is 14.9. The van der Waals surface area contributed by atoms with Gasteiger partial charge in [0.25, 0.3) is 0 Å². The zero-order valence-corrected chi connectivity index (χ0v) is 13.2. The van der Waals surface area contributed by atoms with Gasteiger partial charge in [-0.05, 0) is 26.0 Å². The third-order valence-electron chi connectivity index (χ3n) is 2.44. The highest BCUT2D eigenvalue weighted by atomic mass is 32.2. The quantitative estimate of drug-likeness (QED) is 0.873. The molecule has 2 aromatic rings. The molecule has 2 N–H and O–H groups in total. The predicted octanol–water partition coefficient (Wildman–Crippen LogP) is 2.00. The van der Waals surface area contributed by atoms with Crippen molar-refractivity contribution < 1.29 is 18.3 Å². The van der Waals surface area contributed by atoms with Crippen LogP contribution in [0, 0.1) is 13.8 Å². The van der Waals surface area contributed by atoms with Gasteiger partial charge in [-0.3, -0.25) is 0 Å². The Morgan fingerprint density at radius 3 is 2.55 bits per heavy atom. The fourth-order valence-corrected chi connectivity index (χ4v) is 4.78. The van der Waals surface area contributed by atoms with Crippen molar-refractivity contribution >= 4 is 38.7 Å². The van der Waals surface area contributed by atoms with Crippen molar-refractivity contribution in [1.29, 1.82) is 0 Å². The number of sulfonamides is 1. The molecule has 0 unspecified atom stereocenters. The average Bonchev–Trinajstić information content (AvgIpc) is 2.93. The van der Waals surface area contributed by atoms with Gasteiger partial charge in [0.1, 0.15) is 9.22 Å². The minimum Gasteiger partial charge on any atom is -0.476 e. The van der Waals surface area contributed by atoms with Gasteiger partial charge in [-0.25, -0.2) is 22.9 Å². The van der Waals surface area contributed by atoms with Crippen molar-refractivity contribution in [3.05, 3.63) is 32.6 Å². The summed E-state index contributed by atoms with van der Waals surface area (Å²) in [6.07, 6.45) is 0. The van der Waals surface area contributed by atoms with Gasteiger partial charge in [-0.1, -0.05) is 0 Å². The Balaban J connectivity index is 2.12. The summed E-state index contributed by atoms with van der Waals surface area (Å²) in [5.41, 5.74) is -0.0313. The van der Waals surface area contributed by atoms with Crippen LogP contribution in [-0.4, -0.2) is 24.5 Å². The number of rotatable bonds is 5. The second-order valence-electron chi connectivity index (χ2n) is 4.01. The second kappa shape index (κ2) is 5.60. The number of aryl methyl sites for hydroxylation is 2. The highest BCUT2D eigenvalue weighted by Crippen LogP contribution is 2.22. The number of nitrogens with one attached hydrogen (secondary N) is 1. The van der Waals surface area contributed by atoms with Gasteiger partial charge in [0.2, 0.25) is 10.0 Å². The van der Waals surface area contributed by atoms with Gasteiger partial charge in [0, 0.05) is 9.75 Å². The Morgan fingerprint density at radius 2 is 2.05 bits per heavy atom. The van der Waals surface area contributed by atoms with E-state index in [9.17, 15) is 13.2 Å². The monoisotopic (exact) mass is 332 g/mol. The first-order chi connectivity index (χ1) is 9.29. The first kappa shape index (κ1) is 15.1. The van der Waals surface area contributed by atoms with Gasteiger partial charge in [0.15, 0.2) is 5.69 Å². The number of carbonyl (C=O) groups is 1. The summed E-state index contributed by atoms with van der Waals surface area (Å²) in [6, 6.07) is 3.27. The lowest BCUT2D eigenvalue weighted by Crippen LogP contribution is -2.22. The van der Waals surface area contributed by atoms with E-state index in [1.807, 2.05) is 6.92 Å². The number of nitrogens with zero attached hydrogens (tertiary/aromatic N) is 1. The van der Waals surface area contributed by atoms with E-state index in [0.29, 0.717) is 9.88 Å². The molecular weight excluding hydrogens is 320 g/mol. The average molecular weight is 332 g/mol. The molecule has 0 aliphatic rings. The Kier molecular flexibility index (Phi) is 4.23. The molecule has 0 aromatic carbocycles. The summed E-state index contributed by atoms with van der Waals surface area (Å²) in [4.78, 5) is 16.2. The van der Waals surface area contributed by atoms with Crippen LogP contribution in [0.15, 0.2) is 16.3 Å². The van der Waals surface area contributed by atoms with Crippen molar-refractivity contribution in [1.82, 2.24) is 9.71 Å². The van der Waals surface area contributed by atoms with Crippen molar-refractivity contribution in [2.75, 3.05) is 0 Å². The molecule has 0 bridgehead atoms. The lowest BCUT2D eigenvalue weighted by molar-refractivity contribution is 0.0690. The first-order valence-corrected chi connectivity index (χ1v) is 8.67. The Labute approximate surface area is 124 Å². The summed E-state index contributed by atoms with van der Waals surface area (Å²) in [5, 5.41) is 9.32. The molecule has 0 atom stereocenters. The van der Waals surface area contributed by atoms with Crippen LogP contribution in [0.2, 0.25) is 0 Å². The fraction of sp³-hybridized carbons (Fsp3) is 0.273. The molecule has 0 aliphatic carbocycles. The number of hydrogen-bond donors (Lipinski definition) is 2. The van der Waals surface area contributed by atoms with E-state index in [1.165, 1.54) is 28.7 Å². The molecule has 0 saturated heterocycles. The highest BCUT2D eigenvalue weighted by Gasteiger charge is 2.18. The number of thiophene rings is 1. The number of hydrogen-bond acceptors (Lipinski definition) is 6. The second-order valence-corrected chi connectivity index (χ2v) is 8.58. The molecule has 0 amide bonds. The summed E-state index contributed by atoms with van der Waals surface area (Å²) >= 11 is 2.35. The van der Waals surface area contributed by atoms with Crippen LogP contribution in [-0.2, 0) is 16.6 Å². The third-order valence-corrected chi connectivity index (χ3v) is 6.30. The molecule has 2 heterocycles. The zero-order valence-electron chi connectivity index (χ0n) is 10.7. The molecule has 0 radical (unpaired) electrons. The third kappa shape index (κ3) is 3.23. The lowest BCUT2D eigenvalue weighted by Gasteiger charge is -2.01. The smallest absolute Gasteiger partial charge is 0.355 e. The van der Waals surface area contributed by atoms with E-state index < -0.39 is 16.0 Å². The molecule has 0 aliphatic heterocycles. The van der Waals surface area contributed by atoms with E-state index in [1.54, 1.807) is 13.0 Å². The maximum Gasteiger partial charge on any atom is 0.355 e. The minimum atomic E-state index is -3.57. The van der Waals surface area contributed by atoms with Gasteiger partial charge in [0.05, 0.1) is 6.54 Å². The van der Waals surface area contributed by atoms with E-state index in [0.717, 1.165) is 4.88 Å². The van der Waals surface area contributed by atoms with Crippen LogP contribution in [0.5, 0.6) is 0 Å². The molecule has 6 nitrogen and oxygen atoms in total. The van der Waals surface area contributed by atoms with Crippen LogP contribution in [0.1, 0.15) is 25.3 Å². The minimum absolute atomic E-state index is 0.0158. The predicted molar refractivity (Wildman–Crippen MR) is 76.9 cm³/mol. The van der Waals surface area contributed by atoms with Gasteiger partial charge >= 0.3 is 5.97 Å². The summed E-state index contributed by atoms with van der Waals surface area (Å²) in [6.45, 7) is 3.45. The van der Waals surface area contributed by atoms with Crippen molar-refractivity contribution in [3.8, 4) is 0 Å². The number of carboxylic acids is 1. The van der Waals surface area contributed by atoms with Gasteiger partial charge in [-0.15, -0.1) is 22.7 Å². The molecule has 0 saturated carbocycles. The lowest BCUT2D eigenvalue weighted by atomic mass is 10.4. The number of aromatic nitrogens is 1. The van der Waals surface area contributed by atoms with Crippen molar-refractivity contribution in [2.45, 2.75) is 24.6 Å². The van der Waals surface area contributed by atoms with E-state index in [4.69, 9.17) is 5.11 Å². The Hall–Kier alpha value is -1.29. The van der Waals surface area contributed by atoms with E-state index >= 15 is 0 Å². The summed E-state index contributed by atoms with van der Waals surface area (Å²) < 4.78 is 26.7. The maximum absolute atomic E-state index is 12.0. The van der Waals surface area contributed by atoms with Crippen LogP contribution in [0.25, 0.3) is 0 Å². The normalized spacial score (nSPS) is 11.7. The van der Waals surface area contributed by atoms with Crippen LogP contribution in [0.4, 0.5) is 0 Å². The fourth-order valence-electron chi connectivity index (χ4n) is 1.51. The first-order valence-electron chi connectivity index (χ1n) is 5.55. The molecule has 108 valence electrons. The molecule has 20 heavy (non-hydrogen) atoms. The van der Waals surface area contributed by atoms with Crippen molar-refractivity contribution in [2.24, 2.45) is 0 Å². The number of carboxylic acid groups (broad SMARTS) is 1. The molecule has 0 fully saturated rings. The highest BCUT2D eigenvalue weighted by molar-refractivity contribution is 7.91. The maximum atomic E-state index is 12.0. The SMILES string of the molecule is Cc1ccc(S(=O)(=O)NCc2nc(C(=O)O)c(C)s2)s1. The van der Waals surface area contributed by atoms with Crippen LogP contribution in [0.3, 0.4) is 0 Å². The molecule has 2 aromatic heterocycles. The Bertz CT molecular complexity index is 746. The summed E-state index contributed by atoms with van der Waals surface area (Å²) in [7, 11) is -3.57. The molecule has 9 heteroatoms. The largest absolute Gasteiger partial charge is 0.476 e. The molecule has 2 rings (SSSR count). The van der Waals surface area contributed by atoms with E-state index in [2.05, 4.69) is 9.71 Å². The summed E-state index contributed by atoms with van der Waals surface area (Å²) in [5.74, 6) is -1.11. The Morgan fingerprint density at radius 1 is 1.35 bits per heavy atom. The van der Waals surface area contributed by atoms with E-state index in [-0.39, 0.29) is 16.4 Å². The van der Waals surface area contributed by atoms with Gasteiger partial charge in [-0.2, -0.15) is 0 Å². The van der Waals surface area contributed by atoms with Crippen molar-refractivity contribution in [3.63, 3.8) is 0 Å². The van der Waals surface area contributed by atoms with Gasteiger partial charge < -0.3 is 5.11 Å². The standard InChI is InChI=1S/C11H12N2O4S3/c1-6-3-4-9(18-6)20(16,17)12-5-8-13-10(11(14)15)7(2)19-8/h3-4,12H,5H2,1-2H3,(H,14,15). The number of thiazole rings is 1. The molecular formula is C11H12N2O4S3. The number of aromatic carboxylic acids is 1. The topological polar surface area (TPSA) is 96.4 Å². The van der Waals surface area contributed by atoms with Crippen LogP contribution < -0.4 is 4.72 Å². The van der Waals surface area contributed by atoms with Crippen LogP contribution >= 0.6 is 22.7 Å². The molecule has 0 spiro atoms.